The Kier molecular flexibility index (Phi) is 3.52. The van der Waals surface area contributed by atoms with Gasteiger partial charge in [0.15, 0.2) is 0 Å². The van der Waals surface area contributed by atoms with Gasteiger partial charge in [-0.3, -0.25) is 19.7 Å². The molecule has 1 heterocycles. The van der Waals surface area contributed by atoms with Crippen molar-refractivity contribution in [2.75, 3.05) is 5.32 Å². The van der Waals surface area contributed by atoms with Crippen LogP contribution in [0.3, 0.4) is 0 Å². The molecule has 0 saturated carbocycles. The maximum Gasteiger partial charge on any atom is 0.286 e. The van der Waals surface area contributed by atoms with Crippen LogP contribution in [0.4, 0.5) is 10.5 Å². The van der Waals surface area contributed by atoms with E-state index in [1.54, 1.807) is 12.1 Å². The molecule has 0 spiro atoms. The maximum atomic E-state index is 11.6. The largest absolute Gasteiger partial charge is 0.508 e. The smallest absolute Gasteiger partial charge is 0.286 e. The van der Waals surface area contributed by atoms with Crippen molar-refractivity contribution in [1.29, 1.82) is 0 Å². The first kappa shape index (κ1) is 12.4. The predicted molar refractivity (Wildman–Crippen MR) is 66.3 cm³/mol. The van der Waals surface area contributed by atoms with Gasteiger partial charge < -0.3 is 10.4 Å². The highest BCUT2D eigenvalue weighted by molar-refractivity contribution is 8.15. The summed E-state index contributed by atoms with van der Waals surface area (Å²) in [5.41, 5.74) is 0.440. The Morgan fingerprint density at radius 1 is 1.44 bits per heavy atom. The van der Waals surface area contributed by atoms with Gasteiger partial charge in [-0.2, -0.15) is 0 Å². The zero-order valence-corrected chi connectivity index (χ0v) is 9.99. The molecule has 0 aliphatic carbocycles. The highest BCUT2D eigenvalue weighted by atomic mass is 32.2. The fourth-order valence-corrected chi connectivity index (χ4v) is 2.31. The van der Waals surface area contributed by atoms with E-state index in [9.17, 15) is 19.5 Å². The van der Waals surface area contributed by atoms with Crippen molar-refractivity contribution in [1.82, 2.24) is 5.32 Å². The molecular formula is C11H10N2O4S. The molecule has 0 bridgehead atoms. The number of carbonyl (C=O) groups excluding carboxylic acids is 3. The molecule has 1 fully saturated rings. The molecule has 3 N–H and O–H groups in total. The van der Waals surface area contributed by atoms with Gasteiger partial charge in [0.05, 0.1) is 0 Å². The van der Waals surface area contributed by atoms with Crippen molar-refractivity contribution in [2.45, 2.75) is 11.7 Å². The molecular weight excluding hydrogens is 256 g/mol. The second kappa shape index (κ2) is 5.09. The van der Waals surface area contributed by atoms with Gasteiger partial charge in [0.1, 0.15) is 11.0 Å². The van der Waals surface area contributed by atoms with Crippen molar-refractivity contribution in [3.8, 4) is 5.75 Å². The second-order valence-electron chi connectivity index (χ2n) is 3.69. The number of imide groups is 1. The molecule has 0 radical (unpaired) electrons. The lowest BCUT2D eigenvalue weighted by Crippen LogP contribution is -2.27. The van der Waals surface area contributed by atoms with Crippen molar-refractivity contribution in [3.05, 3.63) is 24.3 Å². The number of phenolic OH excluding ortho intramolecular Hbond substituents is 1. The highest BCUT2D eigenvalue weighted by Crippen LogP contribution is 2.23. The summed E-state index contributed by atoms with van der Waals surface area (Å²) in [6.07, 6.45) is -0.0854. The van der Waals surface area contributed by atoms with Gasteiger partial charge >= 0.3 is 0 Å². The number of carbonyl (C=O) groups is 3. The number of hydrogen-bond donors (Lipinski definition) is 3. The maximum absolute atomic E-state index is 11.6. The molecule has 0 aromatic heterocycles. The van der Waals surface area contributed by atoms with Crippen LogP contribution in [0.2, 0.25) is 0 Å². The minimum atomic E-state index is -0.685. The molecule has 1 aliphatic heterocycles. The number of benzene rings is 1. The Labute approximate surface area is 107 Å². The van der Waals surface area contributed by atoms with Crippen LogP contribution in [-0.2, 0) is 9.59 Å². The zero-order chi connectivity index (χ0) is 13.1. The Balaban J connectivity index is 1.93. The first-order valence-electron chi connectivity index (χ1n) is 5.15. The molecule has 94 valence electrons. The van der Waals surface area contributed by atoms with Gasteiger partial charge in [-0.25, -0.2) is 0 Å². The first-order chi connectivity index (χ1) is 8.54. The fraction of sp³-hybridized carbons (Fsp3) is 0.182. The minimum absolute atomic E-state index is 0.0379. The van der Waals surface area contributed by atoms with E-state index < -0.39 is 16.4 Å². The summed E-state index contributed by atoms with van der Waals surface area (Å²) < 4.78 is 0. The number of phenols is 1. The number of hydrogen-bond acceptors (Lipinski definition) is 5. The average Bonchev–Trinajstić information content (AvgIpc) is 2.57. The Morgan fingerprint density at radius 3 is 2.83 bits per heavy atom. The Morgan fingerprint density at radius 2 is 2.22 bits per heavy atom. The van der Waals surface area contributed by atoms with E-state index in [1.807, 2.05) is 0 Å². The van der Waals surface area contributed by atoms with Crippen LogP contribution < -0.4 is 10.6 Å². The molecule has 1 saturated heterocycles. The van der Waals surface area contributed by atoms with Gasteiger partial charge in [-0.1, -0.05) is 17.8 Å². The molecule has 2 rings (SSSR count). The van der Waals surface area contributed by atoms with E-state index in [-0.39, 0.29) is 18.1 Å². The van der Waals surface area contributed by atoms with E-state index >= 15 is 0 Å². The Hall–Kier alpha value is -2.02. The van der Waals surface area contributed by atoms with Gasteiger partial charge in [0.25, 0.3) is 5.24 Å². The van der Waals surface area contributed by atoms with Crippen LogP contribution in [0.25, 0.3) is 0 Å². The summed E-state index contributed by atoms with van der Waals surface area (Å²) in [6, 6.07) is 6.08. The van der Waals surface area contributed by atoms with E-state index in [4.69, 9.17) is 0 Å². The standard InChI is InChI=1S/C11H10N2O4S/c14-7-3-1-2-6(4-7)12-9(15)5-8-10(16)13-11(17)18-8/h1-4,8,14H,5H2,(H,12,15)(H,13,16,17)/t8-/m0/s1. The molecule has 3 amide bonds. The topological polar surface area (TPSA) is 95.5 Å². The first-order valence-corrected chi connectivity index (χ1v) is 6.03. The molecule has 0 unspecified atom stereocenters. The number of amides is 3. The normalized spacial score (nSPS) is 18.6. The van der Waals surface area contributed by atoms with Crippen LogP contribution in [0.1, 0.15) is 6.42 Å². The third-order valence-electron chi connectivity index (χ3n) is 2.27. The monoisotopic (exact) mass is 266 g/mol. The molecule has 1 aromatic rings. The second-order valence-corrected chi connectivity index (χ2v) is 4.86. The summed E-state index contributed by atoms with van der Waals surface area (Å²) >= 11 is 0.806. The van der Waals surface area contributed by atoms with Crippen molar-refractivity contribution in [3.63, 3.8) is 0 Å². The molecule has 6 nitrogen and oxygen atoms in total. The van der Waals surface area contributed by atoms with Gasteiger partial charge in [0, 0.05) is 18.2 Å². The van der Waals surface area contributed by atoms with Crippen LogP contribution in [0, 0.1) is 0 Å². The Bertz CT molecular complexity index is 518. The molecule has 1 aromatic carbocycles. The van der Waals surface area contributed by atoms with E-state index in [1.165, 1.54) is 12.1 Å². The van der Waals surface area contributed by atoms with Crippen LogP contribution in [0.15, 0.2) is 24.3 Å². The fourth-order valence-electron chi connectivity index (χ4n) is 1.49. The molecule has 1 atom stereocenters. The van der Waals surface area contributed by atoms with Crippen LogP contribution in [-0.4, -0.2) is 27.4 Å². The van der Waals surface area contributed by atoms with E-state index in [0.717, 1.165) is 11.8 Å². The van der Waals surface area contributed by atoms with E-state index in [0.29, 0.717) is 5.69 Å². The number of thioether (sulfide) groups is 1. The number of rotatable bonds is 3. The lowest BCUT2D eigenvalue weighted by molar-refractivity contribution is -0.122. The van der Waals surface area contributed by atoms with Crippen LogP contribution >= 0.6 is 11.8 Å². The minimum Gasteiger partial charge on any atom is -0.508 e. The van der Waals surface area contributed by atoms with Crippen molar-refractivity contribution < 1.29 is 19.5 Å². The lowest BCUT2D eigenvalue weighted by Gasteiger charge is -2.07. The summed E-state index contributed by atoms with van der Waals surface area (Å²) in [5.74, 6) is -0.796. The highest BCUT2D eigenvalue weighted by Gasteiger charge is 2.33. The molecule has 7 heteroatoms. The average molecular weight is 266 g/mol. The third-order valence-corrected chi connectivity index (χ3v) is 3.25. The van der Waals surface area contributed by atoms with Gasteiger partial charge in [-0.15, -0.1) is 0 Å². The van der Waals surface area contributed by atoms with Crippen LogP contribution in [0.5, 0.6) is 5.75 Å². The summed E-state index contributed by atoms with van der Waals surface area (Å²) in [4.78, 5) is 33.8. The molecule has 1 aliphatic rings. The summed E-state index contributed by atoms with van der Waals surface area (Å²) in [5, 5.41) is 12.8. The summed E-state index contributed by atoms with van der Waals surface area (Å²) in [7, 11) is 0. The van der Waals surface area contributed by atoms with Crippen molar-refractivity contribution >= 4 is 34.5 Å². The quantitative estimate of drug-likeness (QED) is 0.760. The zero-order valence-electron chi connectivity index (χ0n) is 9.17. The summed E-state index contributed by atoms with van der Waals surface area (Å²) in [6.45, 7) is 0. The number of aromatic hydroxyl groups is 1. The van der Waals surface area contributed by atoms with Crippen molar-refractivity contribution in [2.24, 2.45) is 0 Å². The number of nitrogens with one attached hydrogen (secondary N) is 2. The number of anilines is 1. The van der Waals surface area contributed by atoms with Gasteiger partial charge in [0.2, 0.25) is 11.8 Å². The van der Waals surface area contributed by atoms with Gasteiger partial charge in [-0.05, 0) is 12.1 Å². The SMILES string of the molecule is O=C(C[C@@H]1SC(=O)NC1=O)Nc1cccc(O)c1. The van der Waals surface area contributed by atoms with E-state index in [2.05, 4.69) is 10.6 Å². The third kappa shape index (κ3) is 3.01. The predicted octanol–water partition coefficient (Wildman–Crippen LogP) is 1.07. The molecule has 18 heavy (non-hydrogen) atoms. The lowest BCUT2D eigenvalue weighted by atomic mass is 10.2.